The number of hydrogen-bond donors (Lipinski definition) is 1. The van der Waals surface area contributed by atoms with E-state index >= 15 is 0 Å². The smallest absolute Gasteiger partial charge is 0.372 e. The molecular weight excluding hydrogens is 240 g/mol. The Kier molecular flexibility index (Phi) is 3.95. The van der Waals surface area contributed by atoms with E-state index in [0.717, 1.165) is 6.42 Å². The van der Waals surface area contributed by atoms with Crippen LogP contribution in [0.3, 0.4) is 0 Å². The Morgan fingerprint density at radius 1 is 1.47 bits per heavy atom. The van der Waals surface area contributed by atoms with Crippen LogP contribution >= 0.6 is 11.3 Å². The minimum Gasteiger partial charge on any atom is -0.475 e. The molecule has 2 rings (SSSR count). The van der Waals surface area contributed by atoms with Crippen LogP contribution in [0.5, 0.6) is 0 Å². The molecule has 0 saturated carbocycles. The van der Waals surface area contributed by atoms with Crippen molar-refractivity contribution in [3.8, 4) is 0 Å². The predicted octanol–water partition coefficient (Wildman–Crippen LogP) is 2.80. The van der Waals surface area contributed by atoms with Gasteiger partial charge in [-0.2, -0.15) is 0 Å². The quantitative estimate of drug-likeness (QED) is 0.803. The maximum absolute atomic E-state index is 10.8. The molecule has 90 valence electrons. The molecule has 17 heavy (non-hydrogen) atoms. The number of ether oxygens (including phenoxy) is 1. The number of carbonyl (C=O) groups is 1. The fourth-order valence-electron chi connectivity index (χ4n) is 1.45. The average molecular weight is 252 g/mol. The van der Waals surface area contributed by atoms with Gasteiger partial charge in [0.25, 0.3) is 0 Å². The maximum atomic E-state index is 10.8. The van der Waals surface area contributed by atoms with Crippen molar-refractivity contribution in [3.05, 3.63) is 46.0 Å². The first kappa shape index (κ1) is 11.9. The van der Waals surface area contributed by atoms with Gasteiger partial charge in [-0.1, -0.05) is 6.07 Å². The molecular formula is C12H12O4S. The van der Waals surface area contributed by atoms with Crippen molar-refractivity contribution in [2.75, 3.05) is 6.61 Å². The summed E-state index contributed by atoms with van der Waals surface area (Å²) in [6, 6.07) is 5.67. The highest BCUT2D eigenvalue weighted by Gasteiger charge is 2.13. The first-order valence-corrected chi connectivity index (χ1v) is 6.05. The Hall–Kier alpha value is -1.59. The van der Waals surface area contributed by atoms with Gasteiger partial charge in [0.05, 0.1) is 19.5 Å². The molecule has 0 fully saturated rings. The third kappa shape index (κ3) is 3.18. The van der Waals surface area contributed by atoms with Gasteiger partial charge < -0.3 is 14.3 Å². The van der Waals surface area contributed by atoms with Crippen molar-refractivity contribution in [1.29, 1.82) is 0 Å². The maximum Gasteiger partial charge on any atom is 0.372 e. The molecule has 0 atom stereocenters. The summed E-state index contributed by atoms with van der Waals surface area (Å²) in [5.74, 6) is -1.10. The van der Waals surface area contributed by atoms with E-state index in [1.54, 1.807) is 17.4 Å². The second-order valence-corrected chi connectivity index (χ2v) is 4.49. The molecule has 5 heteroatoms. The van der Waals surface area contributed by atoms with Gasteiger partial charge in [-0.05, 0) is 17.5 Å². The Morgan fingerprint density at radius 2 is 2.35 bits per heavy atom. The van der Waals surface area contributed by atoms with Crippen molar-refractivity contribution in [2.45, 2.75) is 13.0 Å². The lowest BCUT2D eigenvalue weighted by Crippen LogP contribution is -2.02. The van der Waals surface area contributed by atoms with Crippen LogP contribution in [-0.2, 0) is 17.8 Å². The summed E-state index contributed by atoms with van der Waals surface area (Å²) in [6.07, 6.45) is 2.21. The fourth-order valence-corrected chi connectivity index (χ4v) is 2.14. The Labute approximate surface area is 102 Å². The number of carboxylic acids is 1. The highest BCUT2D eigenvalue weighted by Crippen LogP contribution is 2.13. The lowest BCUT2D eigenvalue weighted by molar-refractivity contribution is 0.0650. The molecule has 0 bridgehead atoms. The molecule has 2 aromatic rings. The van der Waals surface area contributed by atoms with E-state index in [1.807, 2.05) is 11.4 Å². The van der Waals surface area contributed by atoms with Crippen molar-refractivity contribution in [3.63, 3.8) is 0 Å². The van der Waals surface area contributed by atoms with E-state index in [0.29, 0.717) is 12.2 Å². The number of furan rings is 1. The average Bonchev–Trinajstić information content (AvgIpc) is 2.95. The van der Waals surface area contributed by atoms with Gasteiger partial charge in [-0.25, -0.2) is 4.79 Å². The molecule has 0 amide bonds. The van der Waals surface area contributed by atoms with Gasteiger partial charge in [0.1, 0.15) is 0 Å². The van der Waals surface area contributed by atoms with Crippen LogP contribution in [0.2, 0.25) is 0 Å². The summed E-state index contributed by atoms with van der Waals surface area (Å²) in [5, 5.41) is 10.8. The lowest BCUT2D eigenvalue weighted by atomic mass is 10.2. The van der Waals surface area contributed by atoms with Crippen molar-refractivity contribution < 1.29 is 19.1 Å². The topological polar surface area (TPSA) is 59.7 Å². The van der Waals surface area contributed by atoms with Gasteiger partial charge in [0.2, 0.25) is 5.76 Å². The minimum atomic E-state index is -1.06. The molecule has 0 unspecified atom stereocenters. The van der Waals surface area contributed by atoms with Gasteiger partial charge in [-0.15, -0.1) is 11.3 Å². The highest BCUT2D eigenvalue weighted by atomic mass is 32.1. The van der Waals surface area contributed by atoms with E-state index in [-0.39, 0.29) is 12.4 Å². The van der Waals surface area contributed by atoms with Gasteiger partial charge >= 0.3 is 5.97 Å². The molecule has 2 aromatic heterocycles. The highest BCUT2D eigenvalue weighted by molar-refractivity contribution is 7.09. The third-order valence-electron chi connectivity index (χ3n) is 2.27. The molecule has 2 heterocycles. The minimum absolute atomic E-state index is 0.0406. The number of rotatable bonds is 6. The second kappa shape index (κ2) is 5.65. The lowest BCUT2D eigenvalue weighted by Gasteiger charge is -2.02. The number of aromatic carboxylic acids is 1. The van der Waals surface area contributed by atoms with Crippen molar-refractivity contribution >= 4 is 17.3 Å². The molecule has 0 aromatic carbocycles. The zero-order valence-corrected chi connectivity index (χ0v) is 9.90. The third-order valence-corrected chi connectivity index (χ3v) is 3.21. The molecule has 0 radical (unpaired) electrons. The van der Waals surface area contributed by atoms with E-state index in [2.05, 4.69) is 6.07 Å². The van der Waals surface area contributed by atoms with Crippen LogP contribution in [0.1, 0.15) is 21.0 Å². The zero-order valence-electron chi connectivity index (χ0n) is 9.09. The molecule has 0 spiro atoms. The summed E-state index contributed by atoms with van der Waals surface area (Å²) in [6.45, 7) is 0.842. The summed E-state index contributed by atoms with van der Waals surface area (Å²) < 4.78 is 10.3. The second-order valence-electron chi connectivity index (χ2n) is 3.46. The van der Waals surface area contributed by atoms with Crippen molar-refractivity contribution in [1.82, 2.24) is 0 Å². The number of carboxylic acid groups (broad SMARTS) is 1. The van der Waals surface area contributed by atoms with E-state index < -0.39 is 5.97 Å². The predicted molar refractivity (Wildman–Crippen MR) is 63.3 cm³/mol. The SMILES string of the molecule is O=C(O)c1occc1COCCc1cccs1. The van der Waals surface area contributed by atoms with Crippen molar-refractivity contribution in [2.24, 2.45) is 0 Å². The first-order chi connectivity index (χ1) is 8.27. The Bertz CT molecular complexity index is 472. The zero-order chi connectivity index (χ0) is 12.1. The normalized spacial score (nSPS) is 10.6. The van der Waals surface area contributed by atoms with E-state index in [1.165, 1.54) is 11.1 Å². The van der Waals surface area contributed by atoms with Crippen LogP contribution in [0.25, 0.3) is 0 Å². The largest absolute Gasteiger partial charge is 0.475 e. The molecule has 0 aliphatic carbocycles. The van der Waals surface area contributed by atoms with Crippen LogP contribution in [-0.4, -0.2) is 17.7 Å². The fraction of sp³-hybridized carbons (Fsp3) is 0.250. The number of thiophene rings is 1. The summed E-state index contributed by atoms with van der Waals surface area (Å²) in [4.78, 5) is 12.0. The van der Waals surface area contributed by atoms with Gasteiger partial charge in [0.15, 0.2) is 0 Å². The molecule has 1 N–H and O–H groups in total. The van der Waals surface area contributed by atoms with E-state index in [9.17, 15) is 4.79 Å². The van der Waals surface area contributed by atoms with E-state index in [4.69, 9.17) is 14.3 Å². The molecule has 0 aliphatic rings. The monoisotopic (exact) mass is 252 g/mol. The molecule has 0 saturated heterocycles. The summed E-state index contributed by atoms with van der Waals surface area (Å²) in [5.41, 5.74) is 0.573. The standard InChI is InChI=1S/C12H12O4S/c13-12(14)11-9(3-6-16-11)8-15-5-4-10-2-1-7-17-10/h1-3,6-7H,4-5,8H2,(H,13,14). The summed E-state index contributed by atoms with van der Waals surface area (Å²) >= 11 is 1.69. The van der Waals surface area contributed by atoms with Crippen LogP contribution < -0.4 is 0 Å². The Balaban J connectivity index is 1.78. The van der Waals surface area contributed by atoms with Gasteiger partial charge in [0, 0.05) is 16.9 Å². The van der Waals surface area contributed by atoms with Crippen LogP contribution in [0.15, 0.2) is 34.3 Å². The van der Waals surface area contributed by atoms with Crippen LogP contribution in [0.4, 0.5) is 0 Å². The van der Waals surface area contributed by atoms with Gasteiger partial charge in [-0.3, -0.25) is 0 Å². The van der Waals surface area contributed by atoms with Crippen LogP contribution in [0, 0.1) is 0 Å². The number of hydrogen-bond acceptors (Lipinski definition) is 4. The molecule has 0 aliphatic heterocycles. The first-order valence-electron chi connectivity index (χ1n) is 5.17. The summed E-state index contributed by atoms with van der Waals surface area (Å²) in [7, 11) is 0. The molecule has 4 nitrogen and oxygen atoms in total. The Morgan fingerprint density at radius 3 is 3.06 bits per heavy atom.